The molecule has 1 saturated heterocycles. The number of rotatable bonds is 4. The zero-order chi connectivity index (χ0) is 18.0. The Morgan fingerprint density at radius 1 is 1.20 bits per heavy atom. The van der Waals surface area contributed by atoms with Crippen LogP contribution in [0.1, 0.15) is 28.8 Å². The van der Waals surface area contributed by atoms with Crippen LogP contribution < -0.4 is 5.32 Å². The molecule has 25 heavy (non-hydrogen) atoms. The molecular weight excluding hydrogens is 362 g/mol. The van der Waals surface area contributed by atoms with Crippen molar-refractivity contribution in [2.75, 3.05) is 18.4 Å². The monoisotopic (exact) mass is 379 g/mol. The lowest BCUT2D eigenvalue weighted by Crippen LogP contribution is -2.28. The van der Waals surface area contributed by atoms with Gasteiger partial charge in [0.25, 0.3) is 5.91 Å². The number of aromatic nitrogens is 1. The standard InChI is InChI=1S/C17H18ClN3O3S/c1-12-4-5-13(17(22)20-16-7-6-14(18)11-19-16)10-15(12)25(23,24)21-8-2-3-9-21/h4-7,10-11H,2-3,8-9H2,1H3,(H,19,20,22). The van der Waals surface area contributed by atoms with Crippen LogP contribution in [0.2, 0.25) is 5.02 Å². The van der Waals surface area contributed by atoms with Gasteiger partial charge in [0.1, 0.15) is 5.82 Å². The van der Waals surface area contributed by atoms with Gasteiger partial charge in [-0.3, -0.25) is 4.79 Å². The van der Waals surface area contributed by atoms with Gasteiger partial charge >= 0.3 is 0 Å². The highest BCUT2D eigenvalue weighted by Crippen LogP contribution is 2.25. The fourth-order valence-electron chi connectivity index (χ4n) is 2.73. The smallest absolute Gasteiger partial charge is 0.256 e. The van der Waals surface area contributed by atoms with Crippen molar-refractivity contribution in [1.82, 2.24) is 9.29 Å². The summed E-state index contributed by atoms with van der Waals surface area (Å²) in [5.74, 6) is -0.0772. The molecule has 2 heterocycles. The van der Waals surface area contributed by atoms with Crippen LogP contribution >= 0.6 is 11.6 Å². The molecule has 1 aliphatic rings. The Balaban J connectivity index is 1.88. The summed E-state index contributed by atoms with van der Waals surface area (Å²) in [7, 11) is -3.58. The summed E-state index contributed by atoms with van der Waals surface area (Å²) in [6.45, 7) is 2.77. The number of hydrogen-bond acceptors (Lipinski definition) is 4. The number of amides is 1. The minimum atomic E-state index is -3.58. The van der Waals surface area contributed by atoms with Gasteiger partial charge in [-0.05, 0) is 49.6 Å². The normalized spacial score (nSPS) is 15.3. The maximum absolute atomic E-state index is 12.8. The van der Waals surface area contributed by atoms with Gasteiger partial charge in [-0.1, -0.05) is 17.7 Å². The molecule has 1 aliphatic heterocycles. The number of anilines is 1. The summed E-state index contributed by atoms with van der Waals surface area (Å²) in [6.07, 6.45) is 3.15. The van der Waals surface area contributed by atoms with E-state index in [2.05, 4.69) is 10.3 Å². The first-order valence-electron chi connectivity index (χ1n) is 7.91. The lowest BCUT2D eigenvalue weighted by Gasteiger charge is -2.17. The van der Waals surface area contributed by atoms with Crippen LogP contribution in [0, 0.1) is 6.92 Å². The number of sulfonamides is 1. The molecule has 0 saturated carbocycles. The number of nitrogens with zero attached hydrogens (tertiary/aromatic N) is 2. The second-order valence-corrected chi connectivity index (χ2v) is 8.25. The molecule has 3 rings (SSSR count). The van der Waals surface area contributed by atoms with E-state index in [1.54, 1.807) is 31.2 Å². The van der Waals surface area contributed by atoms with Gasteiger partial charge in [-0.15, -0.1) is 0 Å². The Morgan fingerprint density at radius 3 is 2.56 bits per heavy atom. The van der Waals surface area contributed by atoms with E-state index < -0.39 is 15.9 Å². The number of carbonyl (C=O) groups excluding carboxylic acids is 1. The summed E-state index contributed by atoms with van der Waals surface area (Å²) >= 11 is 5.77. The fourth-order valence-corrected chi connectivity index (χ4v) is 4.60. The summed E-state index contributed by atoms with van der Waals surface area (Å²) in [5.41, 5.74) is 0.883. The van der Waals surface area contributed by atoms with E-state index in [4.69, 9.17) is 11.6 Å². The first-order valence-corrected chi connectivity index (χ1v) is 9.73. The van der Waals surface area contributed by atoms with Crippen LogP contribution in [0.5, 0.6) is 0 Å². The molecule has 0 radical (unpaired) electrons. The van der Waals surface area contributed by atoms with Gasteiger partial charge in [-0.25, -0.2) is 13.4 Å². The van der Waals surface area contributed by atoms with Crippen molar-refractivity contribution >= 4 is 33.3 Å². The van der Waals surface area contributed by atoms with Crippen molar-refractivity contribution in [3.63, 3.8) is 0 Å². The summed E-state index contributed by atoms with van der Waals surface area (Å²) in [6, 6.07) is 7.86. The molecule has 1 N–H and O–H groups in total. The minimum Gasteiger partial charge on any atom is -0.307 e. The van der Waals surface area contributed by atoms with Gasteiger partial charge in [0, 0.05) is 24.8 Å². The number of nitrogens with one attached hydrogen (secondary N) is 1. The lowest BCUT2D eigenvalue weighted by atomic mass is 10.1. The summed E-state index contributed by atoms with van der Waals surface area (Å²) in [4.78, 5) is 16.6. The molecule has 6 nitrogen and oxygen atoms in total. The number of aryl methyl sites for hydroxylation is 1. The molecule has 1 amide bonds. The molecule has 0 aliphatic carbocycles. The van der Waals surface area contributed by atoms with Crippen molar-refractivity contribution in [2.45, 2.75) is 24.7 Å². The van der Waals surface area contributed by atoms with Gasteiger partial charge in [-0.2, -0.15) is 4.31 Å². The highest BCUT2D eigenvalue weighted by molar-refractivity contribution is 7.89. The largest absolute Gasteiger partial charge is 0.307 e. The Labute approximate surface area is 151 Å². The lowest BCUT2D eigenvalue weighted by molar-refractivity contribution is 0.102. The topological polar surface area (TPSA) is 79.4 Å². The molecule has 0 atom stereocenters. The molecule has 0 bridgehead atoms. The van der Waals surface area contributed by atoms with E-state index in [-0.39, 0.29) is 10.5 Å². The number of hydrogen-bond donors (Lipinski definition) is 1. The molecule has 0 spiro atoms. The Hall–Kier alpha value is -1.96. The first kappa shape index (κ1) is 17.8. The summed E-state index contributed by atoms with van der Waals surface area (Å²) < 4.78 is 27.1. The second kappa shape index (κ2) is 7.11. The van der Waals surface area contributed by atoms with Gasteiger partial charge < -0.3 is 5.32 Å². The average molecular weight is 380 g/mol. The predicted octanol–water partition coefficient (Wildman–Crippen LogP) is 3.08. The zero-order valence-electron chi connectivity index (χ0n) is 13.7. The first-order chi connectivity index (χ1) is 11.9. The van der Waals surface area contributed by atoms with Crippen LogP contribution in [-0.4, -0.2) is 36.7 Å². The molecule has 1 aromatic carbocycles. The quantitative estimate of drug-likeness (QED) is 0.885. The summed E-state index contributed by atoms with van der Waals surface area (Å²) in [5, 5.41) is 3.10. The Morgan fingerprint density at radius 2 is 1.92 bits per heavy atom. The Kier molecular flexibility index (Phi) is 5.08. The second-order valence-electron chi connectivity index (χ2n) is 5.91. The third kappa shape index (κ3) is 3.84. The van der Waals surface area contributed by atoms with Crippen LogP contribution in [0.15, 0.2) is 41.4 Å². The van der Waals surface area contributed by atoms with Crippen LogP contribution in [0.3, 0.4) is 0 Å². The molecule has 1 fully saturated rings. The van der Waals surface area contributed by atoms with Crippen molar-refractivity contribution in [3.8, 4) is 0 Å². The predicted molar refractivity (Wildman–Crippen MR) is 96.4 cm³/mol. The van der Waals surface area contributed by atoms with E-state index >= 15 is 0 Å². The number of halogens is 1. The minimum absolute atomic E-state index is 0.172. The molecule has 2 aromatic rings. The van der Waals surface area contributed by atoms with Crippen molar-refractivity contribution in [3.05, 3.63) is 52.7 Å². The van der Waals surface area contributed by atoms with Crippen molar-refractivity contribution in [2.24, 2.45) is 0 Å². The van der Waals surface area contributed by atoms with Crippen molar-refractivity contribution in [1.29, 1.82) is 0 Å². The fraction of sp³-hybridized carbons (Fsp3) is 0.294. The van der Waals surface area contributed by atoms with E-state index in [9.17, 15) is 13.2 Å². The molecular formula is C17H18ClN3O3S. The molecule has 1 aromatic heterocycles. The van der Waals surface area contributed by atoms with E-state index in [1.165, 1.54) is 16.6 Å². The van der Waals surface area contributed by atoms with E-state index in [1.807, 2.05) is 0 Å². The highest BCUT2D eigenvalue weighted by atomic mass is 35.5. The molecule has 132 valence electrons. The number of benzene rings is 1. The van der Waals surface area contributed by atoms with Crippen LogP contribution in [0.4, 0.5) is 5.82 Å². The zero-order valence-corrected chi connectivity index (χ0v) is 15.3. The van der Waals surface area contributed by atoms with E-state index in [0.717, 1.165) is 12.8 Å². The SMILES string of the molecule is Cc1ccc(C(=O)Nc2ccc(Cl)cn2)cc1S(=O)(=O)N1CCCC1. The third-order valence-corrected chi connectivity index (χ3v) is 6.37. The number of carbonyl (C=O) groups is 1. The van der Waals surface area contributed by atoms with Crippen molar-refractivity contribution < 1.29 is 13.2 Å². The average Bonchev–Trinajstić information content (AvgIpc) is 3.12. The highest BCUT2D eigenvalue weighted by Gasteiger charge is 2.29. The van der Waals surface area contributed by atoms with Gasteiger partial charge in [0.15, 0.2) is 0 Å². The molecule has 8 heteroatoms. The van der Waals surface area contributed by atoms with E-state index in [0.29, 0.717) is 29.5 Å². The van der Waals surface area contributed by atoms with Crippen LogP contribution in [-0.2, 0) is 10.0 Å². The third-order valence-electron chi connectivity index (χ3n) is 4.10. The maximum Gasteiger partial charge on any atom is 0.256 e. The van der Waals surface area contributed by atoms with Crippen LogP contribution in [0.25, 0.3) is 0 Å². The Bertz CT molecular complexity index is 892. The molecule has 0 unspecified atom stereocenters. The van der Waals surface area contributed by atoms with Gasteiger partial charge in [0.05, 0.1) is 9.92 Å². The number of pyridine rings is 1. The maximum atomic E-state index is 12.8. The van der Waals surface area contributed by atoms with Gasteiger partial charge in [0.2, 0.25) is 10.0 Å².